The fourth-order valence-corrected chi connectivity index (χ4v) is 2.78. The summed E-state index contributed by atoms with van der Waals surface area (Å²) in [5.74, 6) is -7.24. The number of benzene rings is 1. The van der Waals surface area contributed by atoms with Crippen LogP contribution in [0.25, 0.3) is 10.9 Å². The van der Waals surface area contributed by atoms with Gasteiger partial charge in [0.15, 0.2) is 17.4 Å². The molecule has 28 heavy (non-hydrogen) atoms. The van der Waals surface area contributed by atoms with Gasteiger partial charge in [0.05, 0.1) is 17.6 Å². The third-order valence-corrected chi connectivity index (χ3v) is 4.01. The number of aromatic nitrogens is 2. The van der Waals surface area contributed by atoms with Crippen molar-refractivity contribution in [2.75, 3.05) is 6.61 Å². The second-order valence-electron chi connectivity index (χ2n) is 5.68. The molecule has 0 atom stereocenters. The summed E-state index contributed by atoms with van der Waals surface area (Å²) in [6.07, 6.45) is 3.79. The van der Waals surface area contributed by atoms with E-state index < -0.39 is 51.1 Å². The summed E-state index contributed by atoms with van der Waals surface area (Å²) in [7, 11) is 0. The molecular weight excluding hydrogens is 379 g/mol. The van der Waals surface area contributed by atoms with E-state index in [1.807, 2.05) is 0 Å². The number of nitrogens with zero attached hydrogens (tertiary/aromatic N) is 3. The first kappa shape index (κ1) is 17.7. The molecule has 3 aromatic rings. The molecule has 3 heterocycles. The van der Waals surface area contributed by atoms with E-state index in [4.69, 9.17) is 9.47 Å². The van der Waals surface area contributed by atoms with Crippen LogP contribution in [-0.4, -0.2) is 28.1 Å². The van der Waals surface area contributed by atoms with Crippen molar-refractivity contribution in [3.05, 3.63) is 69.5 Å². The van der Waals surface area contributed by atoms with Crippen LogP contribution in [-0.2, 0) is 4.74 Å². The highest BCUT2D eigenvalue weighted by Crippen LogP contribution is 2.35. The summed E-state index contributed by atoms with van der Waals surface area (Å²) >= 11 is 0. The minimum Gasteiger partial charge on any atom is -0.462 e. The molecule has 1 aliphatic heterocycles. The Morgan fingerprint density at radius 1 is 1.25 bits per heavy atom. The number of esters is 1. The molecule has 0 bridgehead atoms. The number of halogens is 3. The fraction of sp³-hybridized carbons (Fsp3) is 0.111. The Kier molecular flexibility index (Phi) is 4.10. The molecule has 1 aromatic carbocycles. The Balaban J connectivity index is 2.09. The lowest BCUT2D eigenvalue weighted by Crippen LogP contribution is -2.26. The van der Waals surface area contributed by atoms with E-state index in [0.29, 0.717) is 5.56 Å². The largest absolute Gasteiger partial charge is 0.462 e. The van der Waals surface area contributed by atoms with Gasteiger partial charge in [-0.25, -0.2) is 18.3 Å². The molecule has 2 aromatic heterocycles. The summed E-state index contributed by atoms with van der Waals surface area (Å²) in [6.45, 7) is 1.47. The van der Waals surface area contributed by atoms with Crippen molar-refractivity contribution in [1.82, 2.24) is 9.66 Å². The summed E-state index contributed by atoms with van der Waals surface area (Å²) in [5, 5.41) is 3.19. The number of hydrogen-bond donors (Lipinski definition) is 0. The quantitative estimate of drug-likeness (QED) is 0.508. The Bertz CT molecular complexity index is 1220. The zero-order valence-electron chi connectivity index (χ0n) is 14.2. The van der Waals surface area contributed by atoms with Gasteiger partial charge in [-0.05, 0) is 19.1 Å². The SMILES string of the molecule is CCOC(=O)c1cn2c3c(c(F)c(F)c(F)c3c1=O)OC(c1cccnc1)=N2. The maximum atomic E-state index is 14.4. The van der Waals surface area contributed by atoms with Crippen molar-refractivity contribution < 1.29 is 27.4 Å². The lowest BCUT2D eigenvalue weighted by atomic mass is 10.1. The number of hydrogen-bond acceptors (Lipinski definition) is 6. The van der Waals surface area contributed by atoms with Gasteiger partial charge in [-0.2, -0.15) is 4.39 Å². The molecule has 0 saturated heterocycles. The number of carbonyl (C=O) groups excluding carboxylic acids is 1. The van der Waals surface area contributed by atoms with Gasteiger partial charge in [-0.15, -0.1) is 5.10 Å². The second-order valence-corrected chi connectivity index (χ2v) is 5.68. The Morgan fingerprint density at radius 2 is 2.04 bits per heavy atom. The molecule has 0 saturated carbocycles. The van der Waals surface area contributed by atoms with Gasteiger partial charge in [0.25, 0.3) is 0 Å². The van der Waals surface area contributed by atoms with Gasteiger partial charge in [0, 0.05) is 18.6 Å². The minimum absolute atomic E-state index is 0.0465. The molecule has 142 valence electrons. The van der Waals surface area contributed by atoms with Gasteiger partial charge in [0.1, 0.15) is 11.1 Å². The van der Waals surface area contributed by atoms with Crippen LogP contribution in [0.15, 0.2) is 40.6 Å². The van der Waals surface area contributed by atoms with E-state index >= 15 is 0 Å². The van der Waals surface area contributed by atoms with Gasteiger partial charge in [-0.1, -0.05) is 0 Å². The van der Waals surface area contributed by atoms with Crippen molar-refractivity contribution in [3.63, 3.8) is 0 Å². The van der Waals surface area contributed by atoms with Crippen LogP contribution in [0.4, 0.5) is 13.2 Å². The van der Waals surface area contributed by atoms with Crippen molar-refractivity contribution in [3.8, 4) is 5.75 Å². The van der Waals surface area contributed by atoms with E-state index in [0.717, 1.165) is 10.9 Å². The standard InChI is InChI=1S/C18H10F3N3O4/c1-2-27-18(26)9-7-24-14-10(15(9)25)11(19)12(20)13(21)16(14)28-17(23-24)8-4-3-5-22-6-8/h3-7H,2H2,1H3. The summed E-state index contributed by atoms with van der Waals surface area (Å²) in [4.78, 5) is 28.5. The molecular formula is C18H10F3N3O4. The maximum Gasteiger partial charge on any atom is 0.343 e. The molecule has 0 radical (unpaired) electrons. The Morgan fingerprint density at radius 3 is 2.71 bits per heavy atom. The van der Waals surface area contributed by atoms with E-state index in [1.165, 1.54) is 19.3 Å². The molecule has 0 spiro atoms. The molecule has 0 fully saturated rings. The first-order chi connectivity index (χ1) is 13.4. The van der Waals surface area contributed by atoms with Crippen LogP contribution in [0.2, 0.25) is 0 Å². The monoisotopic (exact) mass is 389 g/mol. The lowest BCUT2D eigenvalue weighted by Gasteiger charge is -2.20. The Labute approximate surface area is 154 Å². The van der Waals surface area contributed by atoms with Crippen LogP contribution in [0.5, 0.6) is 5.75 Å². The number of rotatable bonds is 3. The van der Waals surface area contributed by atoms with E-state index in [9.17, 15) is 22.8 Å². The third kappa shape index (κ3) is 2.53. The first-order valence-electron chi connectivity index (χ1n) is 8.04. The topological polar surface area (TPSA) is 82.8 Å². The van der Waals surface area contributed by atoms with Crippen molar-refractivity contribution in [2.45, 2.75) is 6.92 Å². The van der Waals surface area contributed by atoms with Crippen LogP contribution in [0, 0.1) is 17.5 Å². The highest BCUT2D eigenvalue weighted by Gasteiger charge is 2.31. The third-order valence-electron chi connectivity index (χ3n) is 4.01. The highest BCUT2D eigenvalue weighted by molar-refractivity contribution is 6.01. The molecule has 0 amide bonds. The van der Waals surface area contributed by atoms with Gasteiger partial charge in [-0.3, -0.25) is 9.78 Å². The summed E-state index contributed by atoms with van der Waals surface area (Å²) in [5.41, 5.74) is -1.88. The van der Waals surface area contributed by atoms with Crippen LogP contribution >= 0.6 is 0 Å². The predicted octanol–water partition coefficient (Wildman–Crippen LogP) is 2.59. The van der Waals surface area contributed by atoms with Gasteiger partial charge in [0.2, 0.25) is 17.1 Å². The average molecular weight is 389 g/mol. The normalized spacial score (nSPS) is 12.5. The molecule has 7 nitrogen and oxygen atoms in total. The second kappa shape index (κ2) is 6.48. The lowest BCUT2D eigenvalue weighted by molar-refractivity contribution is 0.0524. The van der Waals surface area contributed by atoms with Gasteiger partial charge < -0.3 is 9.47 Å². The van der Waals surface area contributed by atoms with Crippen LogP contribution < -0.4 is 10.2 Å². The fourth-order valence-electron chi connectivity index (χ4n) is 2.78. The smallest absolute Gasteiger partial charge is 0.343 e. The molecule has 0 unspecified atom stereocenters. The average Bonchev–Trinajstić information content (AvgIpc) is 2.71. The zero-order valence-corrected chi connectivity index (χ0v) is 14.2. The van der Waals surface area contributed by atoms with E-state index in [1.54, 1.807) is 12.1 Å². The molecule has 10 heteroatoms. The Hall–Kier alpha value is -3.69. The maximum absolute atomic E-state index is 14.4. The van der Waals surface area contributed by atoms with Gasteiger partial charge >= 0.3 is 5.97 Å². The molecule has 1 aliphatic rings. The molecule has 0 N–H and O–H groups in total. The van der Waals surface area contributed by atoms with E-state index in [-0.39, 0.29) is 12.5 Å². The highest BCUT2D eigenvalue weighted by atomic mass is 19.2. The van der Waals surface area contributed by atoms with Crippen molar-refractivity contribution >= 4 is 22.8 Å². The first-order valence-corrected chi connectivity index (χ1v) is 8.04. The van der Waals surface area contributed by atoms with Crippen LogP contribution in [0.1, 0.15) is 22.8 Å². The predicted molar refractivity (Wildman–Crippen MR) is 90.8 cm³/mol. The number of pyridine rings is 2. The van der Waals surface area contributed by atoms with E-state index in [2.05, 4.69) is 10.1 Å². The minimum atomic E-state index is -1.90. The number of carbonyl (C=O) groups is 1. The van der Waals surface area contributed by atoms with Crippen LogP contribution in [0.3, 0.4) is 0 Å². The summed E-state index contributed by atoms with van der Waals surface area (Å²) < 4.78 is 53.9. The molecule has 0 aliphatic carbocycles. The summed E-state index contributed by atoms with van der Waals surface area (Å²) in [6, 6.07) is 3.10. The molecule has 4 rings (SSSR count). The van der Waals surface area contributed by atoms with Crippen molar-refractivity contribution in [2.24, 2.45) is 5.10 Å². The van der Waals surface area contributed by atoms with Crippen molar-refractivity contribution in [1.29, 1.82) is 0 Å². The number of ether oxygens (including phenoxy) is 2. The zero-order chi connectivity index (χ0) is 20.0.